The van der Waals surface area contributed by atoms with Crippen molar-refractivity contribution in [3.8, 4) is 0 Å². The van der Waals surface area contributed by atoms with Gasteiger partial charge in [0.15, 0.2) is 0 Å². The number of hydrogen-bond donors (Lipinski definition) is 0. The summed E-state index contributed by atoms with van der Waals surface area (Å²) in [6.45, 7) is 0.760. The number of para-hydroxylation sites is 1. The molecule has 0 unspecified atom stereocenters. The largest absolute Gasteiger partial charge is 0.335 e. The van der Waals surface area contributed by atoms with Crippen LogP contribution in [0.15, 0.2) is 36.5 Å². The number of amides is 1. The Morgan fingerprint density at radius 2 is 2.16 bits per heavy atom. The number of aromatic nitrogens is 1. The van der Waals surface area contributed by atoms with Crippen LogP contribution in [0.25, 0.3) is 10.9 Å². The summed E-state index contributed by atoms with van der Waals surface area (Å²) in [6, 6.07) is 10.2. The summed E-state index contributed by atoms with van der Waals surface area (Å²) in [4.78, 5) is 18.8. The number of fused-ring (bicyclic) bond motifs is 1. The maximum atomic E-state index is 12.5. The summed E-state index contributed by atoms with van der Waals surface area (Å²) in [5.74, 6) is 0.0974. The Morgan fingerprint density at radius 3 is 2.89 bits per heavy atom. The van der Waals surface area contributed by atoms with E-state index in [1.807, 2.05) is 35.2 Å². The van der Waals surface area contributed by atoms with Gasteiger partial charge in [-0.25, -0.2) is 0 Å². The summed E-state index contributed by atoms with van der Waals surface area (Å²) >= 11 is 3.42. The van der Waals surface area contributed by atoms with Crippen LogP contribution in [0.5, 0.6) is 0 Å². The predicted octanol–water partition coefficient (Wildman–Crippen LogP) is 3.23. The SMILES string of the molecule is O=C(c1cnc2ccccc2c1)N(CCBr)C1CC1. The van der Waals surface area contributed by atoms with Crippen LogP contribution in [0.3, 0.4) is 0 Å². The molecular weight excluding hydrogens is 304 g/mol. The van der Waals surface area contributed by atoms with E-state index in [2.05, 4.69) is 20.9 Å². The van der Waals surface area contributed by atoms with Gasteiger partial charge in [-0.15, -0.1) is 0 Å². The second-order valence-corrected chi connectivity index (χ2v) is 5.63. The lowest BCUT2D eigenvalue weighted by Crippen LogP contribution is -2.34. The first-order valence-corrected chi connectivity index (χ1v) is 7.63. The van der Waals surface area contributed by atoms with Crippen molar-refractivity contribution in [1.82, 2.24) is 9.88 Å². The van der Waals surface area contributed by atoms with Gasteiger partial charge in [-0.1, -0.05) is 34.1 Å². The fourth-order valence-electron chi connectivity index (χ4n) is 2.28. The molecule has 1 aliphatic carbocycles. The van der Waals surface area contributed by atoms with Crippen LogP contribution >= 0.6 is 15.9 Å². The molecule has 1 heterocycles. The number of halogens is 1. The van der Waals surface area contributed by atoms with Gasteiger partial charge in [0.05, 0.1) is 11.1 Å². The minimum Gasteiger partial charge on any atom is -0.335 e. The Balaban J connectivity index is 1.91. The van der Waals surface area contributed by atoms with Gasteiger partial charge >= 0.3 is 0 Å². The molecular formula is C15H15BrN2O. The molecule has 0 atom stereocenters. The highest BCUT2D eigenvalue weighted by Gasteiger charge is 2.32. The molecule has 1 amide bonds. The van der Waals surface area contributed by atoms with Crippen LogP contribution in [-0.2, 0) is 0 Å². The topological polar surface area (TPSA) is 33.2 Å². The Hall–Kier alpha value is -1.42. The first kappa shape index (κ1) is 12.6. The molecule has 19 heavy (non-hydrogen) atoms. The fraction of sp³-hybridized carbons (Fsp3) is 0.333. The molecule has 4 heteroatoms. The maximum absolute atomic E-state index is 12.5. The van der Waals surface area contributed by atoms with Gasteiger partial charge in [0, 0.05) is 29.5 Å². The van der Waals surface area contributed by atoms with Crippen LogP contribution in [0, 0.1) is 0 Å². The van der Waals surface area contributed by atoms with Crippen LogP contribution in [-0.4, -0.2) is 33.7 Å². The number of nitrogens with zero attached hydrogens (tertiary/aromatic N) is 2. The highest BCUT2D eigenvalue weighted by Crippen LogP contribution is 2.28. The average molecular weight is 319 g/mol. The molecule has 0 aliphatic heterocycles. The van der Waals surface area contributed by atoms with Crippen molar-refractivity contribution in [2.24, 2.45) is 0 Å². The number of pyridine rings is 1. The molecule has 0 spiro atoms. The number of carbonyl (C=O) groups is 1. The summed E-state index contributed by atoms with van der Waals surface area (Å²) in [5, 5.41) is 1.83. The van der Waals surface area contributed by atoms with E-state index in [0.717, 1.165) is 35.6 Å². The molecule has 0 N–H and O–H groups in total. The Bertz CT molecular complexity index is 610. The lowest BCUT2D eigenvalue weighted by molar-refractivity contribution is 0.0754. The number of carbonyl (C=O) groups excluding carboxylic acids is 1. The van der Waals surface area contributed by atoms with Crippen molar-refractivity contribution >= 4 is 32.7 Å². The minimum atomic E-state index is 0.0974. The second-order valence-electron chi connectivity index (χ2n) is 4.84. The molecule has 98 valence electrons. The van der Waals surface area contributed by atoms with Crippen LogP contribution in [0.2, 0.25) is 0 Å². The van der Waals surface area contributed by atoms with Gasteiger partial charge in [0.2, 0.25) is 0 Å². The molecule has 0 radical (unpaired) electrons. The van der Waals surface area contributed by atoms with E-state index >= 15 is 0 Å². The molecule has 1 aromatic carbocycles. The normalized spacial score (nSPS) is 14.6. The molecule has 0 bridgehead atoms. The third-order valence-corrected chi connectivity index (χ3v) is 3.77. The van der Waals surface area contributed by atoms with Crippen molar-refractivity contribution in [2.45, 2.75) is 18.9 Å². The molecule has 1 aromatic heterocycles. The first-order valence-electron chi connectivity index (χ1n) is 6.51. The van der Waals surface area contributed by atoms with E-state index in [1.165, 1.54) is 0 Å². The van der Waals surface area contributed by atoms with E-state index in [0.29, 0.717) is 11.6 Å². The highest BCUT2D eigenvalue weighted by molar-refractivity contribution is 9.09. The molecule has 2 aromatic rings. The van der Waals surface area contributed by atoms with Crippen LogP contribution in [0.4, 0.5) is 0 Å². The van der Waals surface area contributed by atoms with Crippen molar-refractivity contribution in [1.29, 1.82) is 0 Å². The molecule has 1 aliphatic rings. The molecule has 1 fully saturated rings. The van der Waals surface area contributed by atoms with Crippen molar-refractivity contribution < 1.29 is 4.79 Å². The van der Waals surface area contributed by atoms with Gasteiger partial charge < -0.3 is 4.90 Å². The predicted molar refractivity (Wildman–Crippen MR) is 79.6 cm³/mol. The standard InChI is InChI=1S/C15H15BrN2O/c16-7-8-18(13-5-6-13)15(19)12-9-11-3-1-2-4-14(11)17-10-12/h1-4,9-10,13H,5-8H2. The summed E-state index contributed by atoms with van der Waals surface area (Å²) in [5.41, 5.74) is 1.61. The average Bonchev–Trinajstić information content (AvgIpc) is 3.28. The zero-order valence-electron chi connectivity index (χ0n) is 10.6. The smallest absolute Gasteiger partial charge is 0.255 e. The van der Waals surface area contributed by atoms with Crippen LogP contribution < -0.4 is 0 Å². The lowest BCUT2D eigenvalue weighted by atomic mass is 10.1. The van der Waals surface area contributed by atoms with Gasteiger partial charge in [0.1, 0.15) is 0 Å². The Labute approximate surface area is 120 Å². The zero-order valence-corrected chi connectivity index (χ0v) is 12.1. The number of benzene rings is 1. The Morgan fingerprint density at radius 1 is 1.37 bits per heavy atom. The van der Waals surface area contributed by atoms with E-state index in [9.17, 15) is 4.79 Å². The molecule has 3 rings (SSSR count). The van der Waals surface area contributed by atoms with E-state index in [1.54, 1.807) is 6.20 Å². The third-order valence-electron chi connectivity index (χ3n) is 3.41. The van der Waals surface area contributed by atoms with E-state index < -0.39 is 0 Å². The summed E-state index contributed by atoms with van der Waals surface area (Å²) < 4.78 is 0. The third kappa shape index (κ3) is 2.63. The van der Waals surface area contributed by atoms with Crippen molar-refractivity contribution in [2.75, 3.05) is 11.9 Å². The molecule has 1 saturated carbocycles. The number of rotatable bonds is 4. The number of alkyl halides is 1. The second kappa shape index (κ2) is 5.29. The Kier molecular flexibility index (Phi) is 3.51. The number of hydrogen-bond acceptors (Lipinski definition) is 2. The zero-order chi connectivity index (χ0) is 13.2. The van der Waals surface area contributed by atoms with Crippen LogP contribution in [0.1, 0.15) is 23.2 Å². The summed E-state index contributed by atoms with van der Waals surface area (Å²) in [7, 11) is 0. The maximum Gasteiger partial charge on any atom is 0.255 e. The quantitative estimate of drug-likeness (QED) is 0.811. The summed E-state index contributed by atoms with van der Waals surface area (Å²) in [6.07, 6.45) is 3.94. The van der Waals surface area contributed by atoms with Crippen molar-refractivity contribution in [3.63, 3.8) is 0 Å². The highest BCUT2D eigenvalue weighted by atomic mass is 79.9. The van der Waals surface area contributed by atoms with E-state index in [-0.39, 0.29) is 5.91 Å². The van der Waals surface area contributed by atoms with Gasteiger partial charge in [-0.05, 0) is 25.0 Å². The van der Waals surface area contributed by atoms with Gasteiger partial charge in [0.25, 0.3) is 5.91 Å². The van der Waals surface area contributed by atoms with Gasteiger partial charge in [-0.3, -0.25) is 9.78 Å². The fourth-order valence-corrected chi connectivity index (χ4v) is 2.66. The molecule has 3 nitrogen and oxygen atoms in total. The lowest BCUT2D eigenvalue weighted by Gasteiger charge is -2.21. The van der Waals surface area contributed by atoms with Crippen molar-refractivity contribution in [3.05, 3.63) is 42.1 Å². The van der Waals surface area contributed by atoms with Gasteiger partial charge in [-0.2, -0.15) is 0 Å². The first-order chi connectivity index (χ1) is 9.29. The molecule has 0 saturated heterocycles. The van der Waals surface area contributed by atoms with E-state index in [4.69, 9.17) is 0 Å². The minimum absolute atomic E-state index is 0.0974. The monoisotopic (exact) mass is 318 g/mol.